The van der Waals surface area contributed by atoms with E-state index in [9.17, 15) is 4.79 Å². The van der Waals surface area contributed by atoms with Crippen LogP contribution in [0.15, 0.2) is 24.3 Å². The summed E-state index contributed by atoms with van der Waals surface area (Å²) in [5.41, 5.74) is 3.43. The maximum Gasteiger partial charge on any atom is 0.168 e. The van der Waals surface area contributed by atoms with Crippen molar-refractivity contribution in [3.8, 4) is 0 Å². The number of rotatable bonds is 4. The van der Waals surface area contributed by atoms with E-state index >= 15 is 0 Å². The van der Waals surface area contributed by atoms with Gasteiger partial charge in [0.2, 0.25) is 0 Å². The summed E-state index contributed by atoms with van der Waals surface area (Å²) in [4.78, 5) is 12.3. The first-order valence-corrected chi connectivity index (χ1v) is 6.72. The SMILES string of the molecule is CCn1nc(C)c(Cl)c1CC(=O)c1ccc(C)cc1. The van der Waals surface area contributed by atoms with Crippen LogP contribution in [0.3, 0.4) is 0 Å². The summed E-state index contributed by atoms with van der Waals surface area (Å²) in [5, 5.41) is 4.92. The molecule has 0 saturated heterocycles. The molecule has 100 valence electrons. The Morgan fingerprint density at radius 2 is 1.89 bits per heavy atom. The van der Waals surface area contributed by atoms with Crippen LogP contribution in [0.1, 0.15) is 34.2 Å². The normalized spacial score (nSPS) is 10.7. The number of halogens is 1. The Morgan fingerprint density at radius 1 is 1.26 bits per heavy atom. The minimum Gasteiger partial charge on any atom is -0.294 e. The minimum atomic E-state index is 0.0662. The van der Waals surface area contributed by atoms with Gasteiger partial charge in [-0.15, -0.1) is 0 Å². The van der Waals surface area contributed by atoms with Gasteiger partial charge in [-0.1, -0.05) is 41.4 Å². The van der Waals surface area contributed by atoms with Gasteiger partial charge in [0, 0.05) is 12.1 Å². The molecule has 0 atom stereocenters. The van der Waals surface area contributed by atoms with Crippen LogP contribution in [0.25, 0.3) is 0 Å². The highest BCUT2D eigenvalue weighted by atomic mass is 35.5. The first kappa shape index (κ1) is 13.8. The van der Waals surface area contributed by atoms with Crippen molar-refractivity contribution in [2.75, 3.05) is 0 Å². The minimum absolute atomic E-state index is 0.0662. The number of nitrogens with zero attached hydrogens (tertiary/aromatic N) is 2. The monoisotopic (exact) mass is 276 g/mol. The molecule has 1 heterocycles. The molecule has 0 radical (unpaired) electrons. The quantitative estimate of drug-likeness (QED) is 0.800. The summed E-state index contributed by atoms with van der Waals surface area (Å²) in [6.07, 6.45) is 0.288. The summed E-state index contributed by atoms with van der Waals surface area (Å²) in [6, 6.07) is 7.59. The average Bonchev–Trinajstić information content (AvgIpc) is 2.67. The standard InChI is InChI=1S/C15H17ClN2O/c1-4-18-13(15(16)11(3)17-18)9-14(19)12-7-5-10(2)6-8-12/h5-8H,4,9H2,1-3H3. The fourth-order valence-corrected chi connectivity index (χ4v) is 2.23. The summed E-state index contributed by atoms with van der Waals surface area (Å²) >= 11 is 6.21. The molecular formula is C15H17ClN2O. The van der Waals surface area contributed by atoms with E-state index in [-0.39, 0.29) is 12.2 Å². The van der Waals surface area contributed by atoms with Crippen LogP contribution in [0.2, 0.25) is 5.02 Å². The van der Waals surface area contributed by atoms with Crippen molar-refractivity contribution in [2.24, 2.45) is 0 Å². The molecule has 0 saturated carbocycles. The predicted molar refractivity (Wildman–Crippen MR) is 76.9 cm³/mol. The molecule has 1 aromatic heterocycles. The number of Topliss-reactive ketones (excluding diaryl/α,β-unsaturated/α-hetero) is 1. The Hall–Kier alpha value is -1.61. The summed E-state index contributed by atoms with van der Waals surface area (Å²) < 4.78 is 1.80. The lowest BCUT2D eigenvalue weighted by Crippen LogP contribution is -2.10. The second-order valence-electron chi connectivity index (χ2n) is 4.63. The zero-order valence-electron chi connectivity index (χ0n) is 11.4. The molecule has 0 amide bonds. The van der Waals surface area contributed by atoms with Gasteiger partial charge in [-0.25, -0.2) is 0 Å². The van der Waals surface area contributed by atoms with Crippen molar-refractivity contribution in [3.63, 3.8) is 0 Å². The molecule has 4 heteroatoms. The largest absolute Gasteiger partial charge is 0.294 e. The molecule has 1 aromatic carbocycles. The van der Waals surface area contributed by atoms with Crippen LogP contribution in [0, 0.1) is 13.8 Å². The Labute approximate surface area is 118 Å². The van der Waals surface area contributed by atoms with Crippen molar-refractivity contribution in [1.82, 2.24) is 9.78 Å². The van der Waals surface area contributed by atoms with Crippen molar-refractivity contribution in [1.29, 1.82) is 0 Å². The number of carbonyl (C=O) groups excluding carboxylic acids is 1. The van der Waals surface area contributed by atoms with Crippen LogP contribution in [0.4, 0.5) is 0 Å². The highest BCUT2D eigenvalue weighted by Gasteiger charge is 2.16. The Balaban J connectivity index is 2.26. The van der Waals surface area contributed by atoms with Crippen LogP contribution in [-0.2, 0) is 13.0 Å². The number of hydrogen-bond donors (Lipinski definition) is 0. The summed E-state index contributed by atoms with van der Waals surface area (Å²) in [6.45, 7) is 6.56. The third kappa shape index (κ3) is 2.87. The number of aromatic nitrogens is 2. The Bertz CT molecular complexity index is 599. The van der Waals surface area contributed by atoms with E-state index in [0.717, 1.165) is 17.0 Å². The predicted octanol–water partition coefficient (Wildman–Crippen LogP) is 3.60. The van der Waals surface area contributed by atoms with E-state index in [4.69, 9.17) is 11.6 Å². The van der Waals surface area contributed by atoms with E-state index in [2.05, 4.69) is 5.10 Å². The van der Waals surface area contributed by atoms with Crippen LogP contribution < -0.4 is 0 Å². The lowest BCUT2D eigenvalue weighted by molar-refractivity contribution is 0.0990. The van der Waals surface area contributed by atoms with Crippen molar-refractivity contribution < 1.29 is 4.79 Å². The number of aryl methyl sites for hydroxylation is 3. The molecular weight excluding hydrogens is 260 g/mol. The second kappa shape index (κ2) is 5.57. The number of carbonyl (C=O) groups is 1. The van der Waals surface area contributed by atoms with E-state index in [0.29, 0.717) is 17.1 Å². The third-order valence-electron chi connectivity index (χ3n) is 3.15. The molecule has 19 heavy (non-hydrogen) atoms. The van der Waals surface area contributed by atoms with Gasteiger partial charge in [0.25, 0.3) is 0 Å². The first-order chi connectivity index (χ1) is 9.02. The van der Waals surface area contributed by atoms with Gasteiger partial charge in [0.1, 0.15) is 0 Å². The second-order valence-corrected chi connectivity index (χ2v) is 5.01. The van der Waals surface area contributed by atoms with Gasteiger partial charge in [0.15, 0.2) is 5.78 Å². The van der Waals surface area contributed by atoms with Crippen LogP contribution in [-0.4, -0.2) is 15.6 Å². The highest BCUT2D eigenvalue weighted by molar-refractivity contribution is 6.32. The van der Waals surface area contributed by atoms with Gasteiger partial charge in [0.05, 0.1) is 22.8 Å². The molecule has 0 bridgehead atoms. The molecule has 0 aliphatic rings. The smallest absolute Gasteiger partial charge is 0.168 e. The third-order valence-corrected chi connectivity index (χ3v) is 3.65. The Morgan fingerprint density at radius 3 is 2.47 bits per heavy atom. The van der Waals surface area contributed by atoms with Crippen LogP contribution in [0.5, 0.6) is 0 Å². The molecule has 0 aliphatic heterocycles. The van der Waals surface area contributed by atoms with Gasteiger partial charge in [-0.3, -0.25) is 9.48 Å². The van der Waals surface area contributed by atoms with Gasteiger partial charge in [-0.2, -0.15) is 5.10 Å². The maximum atomic E-state index is 12.3. The molecule has 0 aliphatic carbocycles. The highest BCUT2D eigenvalue weighted by Crippen LogP contribution is 2.22. The Kier molecular flexibility index (Phi) is 4.05. The maximum absolute atomic E-state index is 12.3. The molecule has 2 aromatic rings. The van der Waals surface area contributed by atoms with E-state index < -0.39 is 0 Å². The number of ketones is 1. The molecule has 0 spiro atoms. The summed E-state index contributed by atoms with van der Waals surface area (Å²) in [5.74, 6) is 0.0662. The van der Waals surface area contributed by atoms with Crippen molar-refractivity contribution >= 4 is 17.4 Å². The molecule has 3 nitrogen and oxygen atoms in total. The fourth-order valence-electron chi connectivity index (χ4n) is 2.03. The average molecular weight is 277 g/mol. The fraction of sp³-hybridized carbons (Fsp3) is 0.333. The van der Waals surface area contributed by atoms with E-state index in [1.165, 1.54) is 0 Å². The van der Waals surface area contributed by atoms with Gasteiger partial charge < -0.3 is 0 Å². The summed E-state index contributed by atoms with van der Waals surface area (Å²) in [7, 11) is 0. The van der Waals surface area contributed by atoms with Gasteiger partial charge >= 0.3 is 0 Å². The zero-order valence-corrected chi connectivity index (χ0v) is 12.2. The first-order valence-electron chi connectivity index (χ1n) is 6.34. The van der Waals surface area contributed by atoms with E-state index in [1.54, 1.807) is 4.68 Å². The number of benzene rings is 1. The number of hydrogen-bond acceptors (Lipinski definition) is 2. The van der Waals surface area contributed by atoms with Gasteiger partial charge in [-0.05, 0) is 20.8 Å². The van der Waals surface area contributed by atoms with E-state index in [1.807, 2.05) is 45.0 Å². The zero-order chi connectivity index (χ0) is 14.0. The lowest BCUT2D eigenvalue weighted by atomic mass is 10.0. The molecule has 2 rings (SSSR count). The molecule has 0 N–H and O–H groups in total. The molecule has 0 unspecified atom stereocenters. The topological polar surface area (TPSA) is 34.9 Å². The lowest BCUT2D eigenvalue weighted by Gasteiger charge is -2.05. The van der Waals surface area contributed by atoms with Crippen molar-refractivity contribution in [2.45, 2.75) is 33.7 Å². The van der Waals surface area contributed by atoms with Crippen LogP contribution >= 0.6 is 11.6 Å². The molecule has 0 fully saturated rings. The van der Waals surface area contributed by atoms with Crippen molar-refractivity contribution in [3.05, 3.63) is 51.8 Å².